The first-order chi connectivity index (χ1) is 17.5. The van der Waals surface area contributed by atoms with Crippen LogP contribution < -0.4 is 5.73 Å². The Bertz CT molecular complexity index is 1680. The fourth-order valence-electron chi connectivity index (χ4n) is 4.86. The molecular formula is C25H23N7O3S. The third kappa shape index (κ3) is 3.91. The van der Waals surface area contributed by atoms with Crippen molar-refractivity contribution in [1.29, 1.82) is 0 Å². The lowest BCUT2D eigenvalue weighted by molar-refractivity contribution is 0.0920. The molecule has 0 radical (unpaired) electrons. The predicted molar refractivity (Wildman–Crippen MR) is 136 cm³/mol. The van der Waals surface area contributed by atoms with E-state index in [1.165, 1.54) is 15.1 Å². The lowest BCUT2D eigenvalue weighted by Gasteiger charge is -2.08. The standard InChI is InChI=1S/C25H23N7O3S/c26-25-23-20(11-22(32(23)28-15-27-25)24(33)19-8-9-31(14-19)36(34)35)17-6-7-18-13-30(29-21(18)10-17)12-16-4-2-1-3-5-16/h1-7,10-11,13,15,19,36H,8-9,12,14H2,(H2,26,27,28). The van der Waals surface area contributed by atoms with Crippen LogP contribution in [0.2, 0.25) is 0 Å². The normalized spacial score (nSPS) is 16.4. The first-order valence-corrected chi connectivity index (χ1v) is 12.7. The van der Waals surface area contributed by atoms with Crippen molar-refractivity contribution in [3.8, 4) is 11.1 Å². The maximum Gasteiger partial charge on any atom is 0.203 e. The van der Waals surface area contributed by atoms with Gasteiger partial charge in [-0.05, 0) is 29.7 Å². The summed E-state index contributed by atoms with van der Waals surface area (Å²) in [4.78, 5) is 17.6. The quantitative estimate of drug-likeness (QED) is 0.270. The molecule has 5 aromatic rings. The SMILES string of the molecule is Nc1ncnn2c(C(=O)C3CCN([SH](=O)=O)C3)cc(-c3ccc4cn(Cc5ccccc5)nc4c3)c12. The molecule has 1 fully saturated rings. The molecule has 0 saturated carbocycles. The van der Waals surface area contributed by atoms with Gasteiger partial charge in [-0.1, -0.05) is 42.5 Å². The number of Topliss-reactive ketones (excluding diaryl/α,β-unsaturated/α-hetero) is 1. The second-order valence-electron chi connectivity index (χ2n) is 8.94. The molecule has 1 aliphatic heterocycles. The summed E-state index contributed by atoms with van der Waals surface area (Å²) in [5.74, 6) is -0.345. The van der Waals surface area contributed by atoms with Crippen molar-refractivity contribution in [2.24, 2.45) is 5.92 Å². The average molecular weight is 502 g/mol. The van der Waals surface area contributed by atoms with E-state index in [4.69, 9.17) is 10.8 Å². The van der Waals surface area contributed by atoms with Gasteiger partial charge >= 0.3 is 0 Å². The number of carbonyl (C=O) groups is 1. The molecule has 1 aliphatic rings. The van der Waals surface area contributed by atoms with E-state index in [2.05, 4.69) is 22.2 Å². The van der Waals surface area contributed by atoms with E-state index in [0.29, 0.717) is 30.7 Å². The molecule has 10 nitrogen and oxygen atoms in total. The molecule has 0 bridgehead atoms. The van der Waals surface area contributed by atoms with Gasteiger partial charge in [0, 0.05) is 36.2 Å². The zero-order valence-corrected chi connectivity index (χ0v) is 20.1. The summed E-state index contributed by atoms with van der Waals surface area (Å²) >= 11 is 0. The van der Waals surface area contributed by atoms with Crippen molar-refractivity contribution in [3.63, 3.8) is 0 Å². The van der Waals surface area contributed by atoms with E-state index in [1.807, 2.05) is 47.3 Å². The van der Waals surface area contributed by atoms with Gasteiger partial charge in [-0.3, -0.25) is 9.48 Å². The van der Waals surface area contributed by atoms with Crippen molar-refractivity contribution in [1.82, 2.24) is 28.7 Å². The van der Waals surface area contributed by atoms with E-state index < -0.39 is 16.8 Å². The van der Waals surface area contributed by atoms with E-state index in [9.17, 15) is 13.2 Å². The Labute approximate surface area is 208 Å². The molecule has 36 heavy (non-hydrogen) atoms. The van der Waals surface area contributed by atoms with Crippen LogP contribution in [0, 0.1) is 5.92 Å². The van der Waals surface area contributed by atoms with Gasteiger partial charge < -0.3 is 5.73 Å². The zero-order chi connectivity index (χ0) is 24.8. The molecule has 0 aliphatic carbocycles. The number of rotatable bonds is 6. The number of nitrogen functional groups attached to an aromatic ring is 1. The monoisotopic (exact) mass is 501 g/mol. The summed E-state index contributed by atoms with van der Waals surface area (Å²) in [7, 11) is -2.70. The van der Waals surface area contributed by atoms with E-state index >= 15 is 0 Å². The zero-order valence-electron chi connectivity index (χ0n) is 19.2. The Morgan fingerprint density at radius 1 is 1.11 bits per heavy atom. The number of nitrogens with zero attached hydrogens (tertiary/aromatic N) is 6. The number of nitrogens with two attached hydrogens (primary N) is 1. The molecular weight excluding hydrogens is 478 g/mol. The Kier molecular flexibility index (Phi) is 5.50. The maximum atomic E-state index is 13.4. The van der Waals surface area contributed by atoms with Crippen LogP contribution in [0.15, 0.2) is 67.1 Å². The molecule has 0 spiro atoms. The smallest absolute Gasteiger partial charge is 0.203 e. The Morgan fingerprint density at radius 2 is 1.94 bits per heavy atom. The van der Waals surface area contributed by atoms with Gasteiger partial charge in [0.2, 0.25) is 10.9 Å². The van der Waals surface area contributed by atoms with Crippen LogP contribution in [0.5, 0.6) is 0 Å². The number of thiol groups is 1. The van der Waals surface area contributed by atoms with Gasteiger partial charge in [-0.15, -0.1) is 0 Å². The molecule has 6 rings (SSSR count). The lowest BCUT2D eigenvalue weighted by Crippen LogP contribution is -2.23. The Hall–Kier alpha value is -4.09. The minimum Gasteiger partial charge on any atom is -0.382 e. The highest BCUT2D eigenvalue weighted by atomic mass is 32.2. The molecule has 2 aromatic carbocycles. The molecule has 0 amide bonds. The van der Waals surface area contributed by atoms with Gasteiger partial charge in [-0.25, -0.2) is 22.2 Å². The first kappa shape index (κ1) is 22.4. The topological polar surface area (TPSA) is 128 Å². The molecule has 2 N–H and O–H groups in total. The first-order valence-electron chi connectivity index (χ1n) is 11.5. The number of hydrogen-bond acceptors (Lipinski definition) is 7. The molecule has 11 heteroatoms. The second-order valence-corrected chi connectivity index (χ2v) is 9.98. The number of benzene rings is 2. The number of carbonyl (C=O) groups excluding carboxylic acids is 1. The highest BCUT2D eigenvalue weighted by Crippen LogP contribution is 2.33. The number of ketones is 1. The van der Waals surface area contributed by atoms with Crippen molar-refractivity contribution in [2.45, 2.75) is 13.0 Å². The summed E-state index contributed by atoms with van der Waals surface area (Å²) in [6.45, 7) is 1.17. The second kappa shape index (κ2) is 8.85. The molecule has 182 valence electrons. The number of anilines is 1. The van der Waals surface area contributed by atoms with E-state index in [1.54, 1.807) is 6.07 Å². The van der Waals surface area contributed by atoms with Crippen LogP contribution >= 0.6 is 0 Å². The van der Waals surface area contributed by atoms with Crippen LogP contribution in [-0.4, -0.2) is 56.0 Å². The van der Waals surface area contributed by atoms with Crippen molar-refractivity contribution < 1.29 is 13.2 Å². The Morgan fingerprint density at radius 3 is 2.72 bits per heavy atom. The fourth-order valence-corrected chi connectivity index (χ4v) is 5.47. The van der Waals surface area contributed by atoms with Crippen LogP contribution in [0.25, 0.3) is 27.5 Å². The van der Waals surface area contributed by atoms with Crippen LogP contribution in [0.3, 0.4) is 0 Å². The molecule has 3 aromatic heterocycles. The maximum absolute atomic E-state index is 13.4. The fraction of sp³-hybridized carbons (Fsp3) is 0.200. The molecule has 4 heterocycles. The van der Waals surface area contributed by atoms with Crippen molar-refractivity contribution in [2.75, 3.05) is 18.8 Å². The number of aromatic nitrogens is 5. The van der Waals surface area contributed by atoms with Crippen molar-refractivity contribution >= 4 is 38.9 Å². The highest BCUT2D eigenvalue weighted by molar-refractivity contribution is 7.69. The molecule has 1 unspecified atom stereocenters. The largest absolute Gasteiger partial charge is 0.382 e. The molecule has 1 atom stereocenters. The van der Waals surface area contributed by atoms with Gasteiger partial charge in [-0.2, -0.15) is 10.2 Å². The Balaban J connectivity index is 1.39. The van der Waals surface area contributed by atoms with Crippen LogP contribution in [0.4, 0.5) is 5.82 Å². The highest BCUT2D eigenvalue weighted by Gasteiger charge is 2.32. The predicted octanol–water partition coefficient (Wildman–Crippen LogP) is 2.41. The number of fused-ring (bicyclic) bond motifs is 2. The molecule has 1 saturated heterocycles. The summed E-state index contributed by atoms with van der Waals surface area (Å²) in [5, 5.41) is 10.0. The van der Waals surface area contributed by atoms with Crippen molar-refractivity contribution in [3.05, 3.63) is 78.4 Å². The number of hydrogen-bond donors (Lipinski definition) is 2. The van der Waals surface area contributed by atoms with Crippen LogP contribution in [-0.2, 0) is 17.4 Å². The van der Waals surface area contributed by atoms with Gasteiger partial charge in [0.1, 0.15) is 17.5 Å². The summed E-state index contributed by atoms with van der Waals surface area (Å²) in [5.41, 5.74) is 10.7. The summed E-state index contributed by atoms with van der Waals surface area (Å²) < 4.78 is 27.4. The van der Waals surface area contributed by atoms with Crippen LogP contribution in [0.1, 0.15) is 22.5 Å². The van der Waals surface area contributed by atoms with Gasteiger partial charge in [0.15, 0.2) is 11.6 Å². The summed E-state index contributed by atoms with van der Waals surface area (Å²) in [6.07, 6.45) is 3.78. The minimum atomic E-state index is -2.70. The third-order valence-corrected chi connectivity index (χ3v) is 7.48. The average Bonchev–Trinajstić information content (AvgIpc) is 3.61. The third-order valence-electron chi connectivity index (χ3n) is 6.66. The lowest BCUT2D eigenvalue weighted by atomic mass is 10.00. The van der Waals surface area contributed by atoms with E-state index in [0.717, 1.165) is 27.6 Å². The van der Waals surface area contributed by atoms with Gasteiger partial charge in [0.05, 0.1) is 12.1 Å². The van der Waals surface area contributed by atoms with E-state index in [-0.39, 0.29) is 18.1 Å². The van der Waals surface area contributed by atoms with Gasteiger partial charge in [0.25, 0.3) is 0 Å². The minimum absolute atomic E-state index is 0.165. The summed E-state index contributed by atoms with van der Waals surface area (Å²) in [6, 6.07) is 17.8.